The standard InChI is InChI=1S/C38H39ClN4O5/c1-26-30(7-5-9-34(26)29-6-4-8-33(15-29)46-25-38(45)43-13-10-32(44)22-43)24-48-37-17-36(47-23-28-14-27(18-40)19-41-20-28)31(16-35(37)39)21-42-11-2-3-12-42/h4-9,14-17,19-20,32,44H,2-3,10-13,21-25H2,1H3. The Balaban J connectivity index is 1.16. The molecule has 9 nitrogen and oxygen atoms in total. The summed E-state index contributed by atoms with van der Waals surface area (Å²) in [6.07, 6.45) is 5.73. The van der Waals surface area contributed by atoms with Crippen LogP contribution in [0.15, 0.2) is 73.1 Å². The lowest BCUT2D eigenvalue weighted by Gasteiger charge is -2.20. The number of hydrogen-bond acceptors (Lipinski definition) is 8. The Morgan fingerprint density at radius 3 is 2.58 bits per heavy atom. The summed E-state index contributed by atoms with van der Waals surface area (Å²) in [5.41, 5.74) is 6.32. The molecule has 2 fully saturated rings. The Bertz CT molecular complexity index is 1800. The Labute approximate surface area is 286 Å². The lowest BCUT2D eigenvalue weighted by Crippen LogP contribution is -2.33. The van der Waals surface area contributed by atoms with Crippen LogP contribution in [0.3, 0.4) is 0 Å². The van der Waals surface area contributed by atoms with Crippen molar-refractivity contribution in [2.24, 2.45) is 0 Å². The minimum atomic E-state index is -0.459. The fraction of sp³-hybridized carbons (Fsp3) is 0.342. The van der Waals surface area contributed by atoms with Crippen LogP contribution in [-0.4, -0.2) is 64.7 Å². The van der Waals surface area contributed by atoms with Gasteiger partial charge in [0.05, 0.1) is 16.7 Å². The molecule has 48 heavy (non-hydrogen) atoms. The van der Waals surface area contributed by atoms with Gasteiger partial charge in [0.15, 0.2) is 6.61 Å². The number of halogens is 1. The molecule has 2 saturated heterocycles. The number of ether oxygens (including phenoxy) is 3. The summed E-state index contributed by atoms with van der Waals surface area (Å²) < 4.78 is 18.5. The van der Waals surface area contributed by atoms with Gasteiger partial charge < -0.3 is 24.2 Å². The minimum absolute atomic E-state index is 0.0739. The van der Waals surface area contributed by atoms with Crippen LogP contribution in [0.5, 0.6) is 17.2 Å². The van der Waals surface area contributed by atoms with E-state index in [9.17, 15) is 15.2 Å². The third-order valence-corrected chi connectivity index (χ3v) is 9.17. The van der Waals surface area contributed by atoms with Gasteiger partial charge in [-0.1, -0.05) is 41.9 Å². The maximum atomic E-state index is 12.5. The fourth-order valence-corrected chi connectivity index (χ4v) is 6.42. The highest BCUT2D eigenvalue weighted by molar-refractivity contribution is 6.32. The number of amides is 1. The molecule has 3 heterocycles. The second-order valence-corrected chi connectivity index (χ2v) is 12.7. The highest BCUT2D eigenvalue weighted by Crippen LogP contribution is 2.36. The third-order valence-electron chi connectivity index (χ3n) is 8.88. The van der Waals surface area contributed by atoms with Crippen molar-refractivity contribution in [2.75, 3.05) is 32.8 Å². The smallest absolute Gasteiger partial charge is 0.260 e. The van der Waals surface area contributed by atoms with E-state index in [0.29, 0.717) is 54.0 Å². The predicted molar refractivity (Wildman–Crippen MR) is 183 cm³/mol. The first-order valence-electron chi connectivity index (χ1n) is 16.3. The minimum Gasteiger partial charge on any atom is -0.488 e. The number of aliphatic hydroxyl groups excluding tert-OH is 1. The number of carbonyl (C=O) groups is 1. The molecule has 0 aliphatic carbocycles. The van der Waals surface area contributed by atoms with Crippen LogP contribution in [0.1, 0.15) is 47.1 Å². The van der Waals surface area contributed by atoms with Crippen LogP contribution in [0.25, 0.3) is 11.1 Å². The lowest BCUT2D eigenvalue weighted by molar-refractivity contribution is -0.132. The molecule has 0 saturated carbocycles. The van der Waals surface area contributed by atoms with Crippen LogP contribution in [-0.2, 0) is 24.6 Å². The number of aromatic nitrogens is 1. The number of likely N-dealkylation sites (tertiary alicyclic amines) is 2. The normalized spacial score (nSPS) is 16.1. The van der Waals surface area contributed by atoms with Crippen LogP contribution in [0.2, 0.25) is 5.02 Å². The lowest BCUT2D eigenvalue weighted by atomic mass is 9.96. The molecule has 1 aromatic heterocycles. The number of rotatable bonds is 12. The molecule has 1 unspecified atom stereocenters. The van der Waals surface area contributed by atoms with Gasteiger partial charge in [-0.3, -0.25) is 14.7 Å². The molecule has 3 aromatic carbocycles. The van der Waals surface area contributed by atoms with Gasteiger partial charge in [0.25, 0.3) is 5.91 Å². The summed E-state index contributed by atoms with van der Waals surface area (Å²) in [6, 6.07) is 21.5. The van der Waals surface area contributed by atoms with Crippen molar-refractivity contribution in [2.45, 2.75) is 52.0 Å². The van der Waals surface area contributed by atoms with Crippen molar-refractivity contribution in [1.29, 1.82) is 5.26 Å². The second kappa shape index (κ2) is 15.5. The molecular formula is C38H39ClN4O5. The maximum Gasteiger partial charge on any atom is 0.260 e. The van der Waals surface area contributed by atoms with E-state index in [1.54, 1.807) is 17.2 Å². The quantitative estimate of drug-likeness (QED) is 0.188. The number of β-amino-alcohol motifs (C(OH)–C–C–N with tert-alkyl or cyclic N) is 1. The molecule has 2 aliphatic heterocycles. The molecule has 10 heteroatoms. The molecule has 0 radical (unpaired) electrons. The van der Waals surface area contributed by atoms with E-state index < -0.39 is 6.10 Å². The summed E-state index contributed by atoms with van der Waals surface area (Å²) in [4.78, 5) is 20.7. The van der Waals surface area contributed by atoms with E-state index in [4.69, 9.17) is 25.8 Å². The Hall–Kier alpha value is -4.62. The van der Waals surface area contributed by atoms with Gasteiger partial charge in [-0.15, -0.1) is 0 Å². The molecular weight excluding hydrogens is 628 g/mol. The Morgan fingerprint density at radius 2 is 1.79 bits per heavy atom. The third kappa shape index (κ3) is 8.26. The zero-order valence-electron chi connectivity index (χ0n) is 27.0. The average Bonchev–Trinajstić information content (AvgIpc) is 3.79. The number of aliphatic hydroxyl groups is 1. The summed E-state index contributed by atoms with van der Waals surface area (Å²) in [6.45, 7) is 6.25. The number of benzene rings is 3. The highest BCUT2D eigenvalue weighted by Gasteiger charge is 2.25. The van der Waals surface area contributed by atoms with Gasteiger partial charge in [0.1, 0.15) is 36.5 Å². The van der Waals surface area contributed by atoms with Crippen LogP contribution < -0.4 is 14.2 Å². The molecule has 248 valence electrons. The Kier molecular flexibility index (Phi) is 10.8. The van der Waals surface area contributed by atoms with Gasteiger partial charge in [-0.25, -0.2) is 0 Å². The van der Waals surface area contributed by atoms with E-state index in [1.165, 1.54) is 19.0 Å². The molecule has 0 bridgehead atoms. The number of nitriles is 1. The summed E-state index contributed by atoms with van der Waals surface area (Å²) >= 11 is 6.80. The molecule has 2 aliphatic rings. The fourth-order valence-electron chi connectivity index (χ4n) is 6.18. The molecule has 0 spiro atoms. The van der Waals surface area contributed by atoms with Crippen molar-refractivity contribution >= 4 is 17.5 Å². The number of hydrogen-bond donors (Lipinski definition) is 1. The zero-order chi connectivity index (χ0) is 33.5. The number of pyridine rings is 1. The molecule has 1 N–H and O–H groups in total. The average molecular weight is 667 g/mol. The molecule has 1 atom stereocenters. The summed E-state index contributed by atoms with van der Waals surface area (Å²) in [5.74, 6) is 1.68. The van der Waals surface area contributed by atoms with Gasteiger partial charge in [-0.05, 0) is 85.8 Å². The molecule has 1 amide bonds. The van der Waals surface area contributed by atoms with Crippen LogP contribution in [0.4, 0.5) is 0 Å². The first-order chi connectivity index (χ1) is 23.4. The monoisotopic (exact) mass is 666 g/mol. The first-order valence-corrected chi connectivity index (χ1v) is 16.7. The van der Waals surface area contributed by atoms with Crippen molar-refractivity contribution in [3.8, 4) is 34.4 Å². The van der Waals surface area contributed by atoms with E-state index >= 15 is 0 Å². The van der Waals surface area contributed by atoms with Gasteiger partial charge >= 0.3 is 0 Å². The number of carbonyl (C=O) groups excluding carboxylic acids is 1. The predicted octanol–water partition coefficient (Wildman–Crippen LogP) is 6.31. The number of nitrogens with zero attached hydrogens (tertiary/aromatic N) is 4. The van der Waals surface area contributed by atoms with E-state index in [2.05, 4.69) is 28.9 Å². The van der Waals surface area contributed by atoms with Crippen LogP contribution >= 0.6 is 11.6 Å². The second-order valence-electron chi connectivity index (χ2n) is 12.3. The van der Waals surface area contributed by atoms with E-state index in [-0.39, 0.29) is 19.1 Å². The Morgan fingerprint density at radius 1 is 0.979 bits per heavy atom. The van der Waals surface area contributed by atoms with E-state index in [1.807, 2.05) is 48.5 Å². The molecule has 4 aromatic rings. The van der Waals surface area contributed by atoms with E-state index in [0.717, 1.165) is 53.0 Å². The summed E-state index contributed by atoms with van der Waals surface area (Å²) in [5, 5.41) is 19.5. The highest BCUT2D eigenvalue weighted by atomic mass is 35.5. The summed E-state index contributed by atoms with van der Waals surface area (Å²) in [7, 11) is 0. The van der Waals surface area contributed by atoms with Gasteiger partial charge in [0, 0.05) is 49.2 Å². The molecule has 6 rings (SSSR count). The van der Waals surface area contributed by atoms with Crippen molar-refractivity contribution in [1.82, 2.24) is 14.8 Å². The van der Waals surface area contributed by atoms with Gasteiger partial charge in [-0.2, -0.15) is 5.26 Å². The van der Waals surface area contributed by atoms with Crippen LogP contribution in [0, 0.1) is 18.3 Å². The zero-order valence-corrected chi connectivity index (χ0v) is 27.8. The van der Waals surface area contributed by atoms with Crippen molar-refractivity contribution in [3.63, 3.8) is 0 Å². The SMILES string of the molecule is Cc1c(COc2cc(OCc3cncc(C#N)c3)c(CN3CCCC3)cc2Cl)cccc1-c1cccc(OCC(=O)N2CCC(O)C2)c1. The van der Waals surface area contributed by atoms with Crippen molar-refractivity contribution in [3.05, 3.63) is 106 Å². The topological polar surface area (TPSA) is 108 Å². The van der Waals surface area contributed by atoms with Gasteiger partial charge in [0.2, 0.25) is 0 Å². The largest absolute Gasteiger partial charge is 0.488 e. The first kappa shape index (κ1) is 33.3. The van der Waals surface area contributed by atoms with Crippen molar-refractivity contribution < 1.29 is 24.1 Å². The maximum absolute atomic E-state index is 12.5.